The van der Waals surface area contributed by atoms with Crippen molar-refractivity contribution in [2.45, 2.75) is 13.1 Å². The topological polar surface area (TPSA) is 97.0 Å². The third kappa shape index (κ3) is 2.99. The molecule has 25 heavy (non-hydrogen) atoms. The molecule has 1 aromatic carbocycles. The first kappa shape index (κ1) is 15.1. The second-order valence-corrected chi connectivity index (χ2v) is 5.83. The van der Waals surface area contributed by atoms with Gasteiger partial charge in [0.1, 0.15) is 6.33 Å². The maximum atomic E-state index is 12.6. The molecule has 3 N–H and O–H groups in total. The molecule has 0 spiro atoms. The zero-order valence-corrected chi connectivity index (χ0v) is 13.4. The van der Waals surface area contributed by atoms with Gasteiger partial charge in [0.25, 0.3) is 0 Å². The molecule has 7 nitrogen and oxygen atoms in total. The van der Waals surface area contributed by atoms with Crippen LogP contribution < -0.4 is 11.1 Å². The second kappa shape index (κ2) is 6.20. The van der Waals surface area contributed by atoms with E-state index in [0.717, 1.165) is 22.4 Å². The maximum Gasteiger partial charge on any atom is 0.322 e. The highest BCUT2D eigenvalue weighted by atomic mass is 16.2. The number of aromatic nitrogens is 3. The van der Waals surface area contributed by atoms with Crippen molar-refractivity contribution < 1.29 is 4.79 Å². The standard InChI is InChI=1S/C18H16N6O/c19-15-2-1-12(16-4-6-21-11-22-16)7-17(15)23-18(25)24-9-13-3-5-20-8-14(13)10-24/h1-8,11H,9-10,19H2,(H,23,25). The predicted molar refractivity (Wildman–Crippen MR) is 94.4 cm³/mol. The number of carbonyl (C=O) groups is 1. The lowest BCUT2D eigenvalue weighted by molar-refractivity contribution is 0.212. The fourth-order valence-corrected chi connectivity index (χ4v) is 2.84. The summed E-state index contributed by atoms with van der Waals surface area (Å²) in [5.74, 6) is 0. The van der Waals surface area contributed by atoms with Gasteiger partial charge in [0.2, 0.25) is 0 Å². The second-order valence-electron chi connectivity index (χ2n) is 5.83. The summed E-state index contributed by atoms with van der Waals surface area (Å²) in [6, 6.07) is 9.00. The Labute approximate surface area is 144 Å². The van der Waals surface area contributed by atoms with E-state index in [1.54, 1.807) is 35.6 Å². The monoisotopic (exact) mass is 332 g/mol. The summed E-state index contributed by atoms with van der Waals surface area (Å²) in [4.78, 5) is 26.6. The number of carbonyl (C=O) groups excluding carboxylic acids is 1. The molecule has 0 aliphatic carbocycles. The number of hydrogen-bond donors (Lipinski definition) is 2. The quantitative estimate of drug-likeness (QED) is 0.703. The number of hydrogen-bond acceptors (Lipinski definition) is 5. The average Bonchev–Trinajstić information content (AvgIpc) is 3.08. The summed E-state index contributed by atoms with van der Waals surface area (Å²) in [7, 11) is 0. The highest BCUT2D eigenvalue weighted by molar-refractivity contribution is 5.94. The Morgan fingerprint density at radius 3 is 2.72 bits per heavy atom. The molecule has 0 saturated heterocycles. The van der Waals surface area contributed by atoms with Crippen molar-refractivity contribution >= 4 is 17.4 Å². The van der Waals surface area contributed by atoms with E-state index >= 15 is 0 Å². The number of rotatable bonds is 2. The van der Waals surface area contributed by atoms with E-state index in [2.05, 4.69) is 20.3 Å². The maximum absolute atomic E-state index is 12.6. The lowest BCUT2D eigenvalue weighted by Gasteiger charge is -2.18. The van der Waals surface area contributed by atoms with Crippen molar-refractivity contribution in [2.75, 3.05) is 11.1 Å². The number of nitrogens with zero attached hydrogens (tertiary/aromatic N) is 4. The smallest absolute Gasteiger partial charge is 0.322 e. The normalized spacial score (nSPS) is 12.7. The summed E-state index contributed by atoms with van der Waals surface area (Å²) in [5.41, 5.74) is 10.9. The minimum absolute atomic E-state index is 0.192. The molecular weight excluding hydrogens is 316 g/mol. The molecule has 0 radical (unpaired) electrons. The van der Waals surface area contributed by atoms with Crippen molar-refractivity contribution in [3.05, 3.63) is 66.4 Å². The summed E-state index contributed by atoms with van der Waals surface area (Å²) >= 11 is 0. The lowest BCUT2D eigenvalue weighted by atomic mass is 10.1. The van der Waals surface area contributed by atoms with Crippen LogP contribution in [0.5, 0.6) is 0 Å². The Hall–Kier alpha value is -3.48. The number of amides is 2. The Morgan fingerprint density at radius 2 is 1.92 bits per heavy atom. The van der Waals surface area contributed by atoms with Crippen LogP contribution in [0.4, 0.5) is 16.2 Å². The van der Waals surface area contributed by atoms with Gasteiger partial charge in [0.05, 0.1) is 17.1 Å². The summed E-state index contributed by atoms with van der Waals surface area (Å²) in [6.07, 6.45) is 6.70. The zero-order chi connectivity index (χ0) is 17.2. The van der Waals surface area contributed by atoms with Crippen molar-refractivity contribution in [2.24, 2.45) is 0 Å². The number of urea groups is 1. The van der Waals surface area contributed by atoms with Crippen LogP contribution >= 0.6 is 0 Å². The van der Waals surface area contributed by atoms with Crippen LogP contribution in [-0.4, -0.2) is 25.9 Å². The molecule has 1 aliphatic rings. The molecule has 0 atom stereocenters. The van der Waals surface area contributed by atoms with Crippen molar-refractivity contribution in [3.63, 3.8) is 0 Å². The molecule has 0 bridgehead atoms. The summed E-state index contributed by atoms with van der Waals surface area (Å²) in [6.45, 7) is 1.11. The summed E-state index contributed by atoms with van der Waals surface area (Å²) < 4.78 is 0. The van der Waals surface area contributed by atoms with Crippen molar-refractivity contribution in [1.82, 2.24) is 19.9 Å². The number of nitrogens with two attached hydrogens (primary N) is 1. The summed E-state index contributed by atoms with van der Waals surface area (Å²) in [5, 5.41) is 2.90. The van der Waals surface area contributed by atoms with E-state index in [9.17, 15) is 4.79 Å². The Bertz CT molecular complexity index is 903. The van der Waals surface area contributed by atoms with Gasteiger partial charge in [0.15, 0.2) is 0 Å². The highest BCUT2D eigenvalue weighted by Gasteiger charge is 2.23. The SMILES string of the molecule is Nc1ccc(-c2ccncn2)cc1NC(=O)N1Cc2ccncc2C1. The first-order chi connectivity index (χ1) is 12.2. The molecular formula is C18H16N6O. The molecule has 1 aliphatic heterocycles. The number of pyridine rings is 1. The average molecular weight is 332 g/mol. The molecule has 0 fully saturated rings. The molecule has 0 saturated carbocycles. The Balaban J connectivity index is 1.54. The lowest BCUT2D eigenvalue weighted by Crippen LogP contribution is -2.30. The first-order valence-corrected chi connectivity index (χ1v) is 7.84. The van der Waals surface area contributed by atoms with Gasteiger partial charge in [-0.25, -0.2) is 14.8 Å². The van der Waals surface area contributed by atoms with Crippen LogP contribution in [0.3, 0.4) is 0 Å². The number of anilines is 2. The van der Waals surface area contributed by atoms with Gasteiger partial charge in [-0.15, -0.1) is 0 Å². The van der Waals surface area contributed by atoms with Crippen LogP contribution in [0, 0.1) is 0 Å². The van der Waals surface area contributed by atoms with Crippen molar-refractivity contribution in [3.8, 4) is 11.3 Å². The fourth-order valence-electron chi connectivity index (χ4n) is 2.84. The van der Waals surface area contributed by atoms with E-state index in [0.29, 0.717) is 24.5 Å². The van der Waals surface area contributed by atoms with Gasteiger partial charge in [-0.1, -0.05) is 6.07 Å². The predicted octanol–water partition coefficient (Wildman–Crippen LogP) is 2.67. The van der Waals surface area contributed by atoms with Gasteiger partial charge in [-0.3, -0.25) is 4.98 Å². The molecule has 3 heterocycles. The van der Waals surface area contributed by atoms with Crippen molar-refractivity contribution in [1.29, 1.82) is 0 Å². The third-order valence-electron chi connectivity index (χ3n) is 4.19. The molecule has 0 unspecified atom stereocenters. The van der Waals surface area contributed by atoms with Crippen LogP contribution in [0.15, 0.2) is 55.2 Å². The van der Waals surface area contributed by atoms with Gasteiger partial charge in [-0.2, -0.15) is 0 Å². The number of benzene rings is 1. The van der Waals surface area contributed by atoms with E-state index in [1.807, 2.05) is 18.2 Å². The largest absolute Gasteiger partial charge is 0.397 e. The minimum atomic E-state index is -0.192. The Kier molecular flexibility index (Phi) is 3.74. The van der Waals surface area contributed by atoms with Crippen LogP contribution in [0.1, 0.15) is 11.1 Å². The van der Waals surface area contributed by atoms with Gasteiger partial charge in [0, 0.05) is 37.2 Å². The molecule has 2 amide bonds. The molecule has 7 heteroatoms. The number of fused-ring (bicyclic) bond motifs is 1. The van der Waals surface area contributed by atoms with Crippen LogP contribution in [0.2, 0.25) is 0 Å². The zero-order valence-electron chi connectivity index (χ0n) is 13.4. The minimum Gasteiger partial charge on any atom is -0.397 e. The van der Waals surface area contributed by atoms with E-state index in [1.165, 1.54) is 6.33 Å². The van der Waals surface area contributed by atoms with Gasteiger partial charge in [-0.05, 0) is 35.4 Å². The molecule has 4 rings (SSSR count). The van der Waals surface area contributed by atoms with E-state index in [-0.39, 0.29) is 6.03 Å². The molecule has 124 valence electrons. The molecule has 2 aromatic heterocycles. The van der Waals surface area contributed by atoms with E-state index in [4.69, 9.17) is 5.73 Å². The highest BCUT2D eigenvalue weighted by Crippen LogP contribution is 2.27. The Morgan fingerprint density at radius 1 is 1.08 bits per heavy atom. The van der Waals surface area contributed by atoms with Gasteiger partial charge >= 0.3 is 6.03 Å². The fraction of sp³-hybridized carbons (Fsp3) is 0.111. The molecule has 3 aromatic rings. The number of nitrogens with one attached hydrogen (secondary N) is 1. The van der Waals surface area contributed by atoms with Crippen LogP contribution in [0.25, 0.3) is 11.3 Å². The first-order valence-electron chi connectivity index (χ1n) is 7.84. The number of nitrogen functional groups attached to an aromatic ring is 1. The van der Waals surface area contributed by atoms with E-state index < -0.39 is 0 Å². The van der Waals surface area contributed by atoms with Crippen LogP contribution in [-0.2, 0) is 13.1 Å². The third-order valence-corrected chi connectivity index (χ3v) is 4.19. The van der Waals surface area contributed by atoms with Gasteiger partial charge < -0.3 is 16.0 Å².